The van der Waals surface area contributed by atoms with Gasteiger partial charge in [0.25, 0.3) is 0 Å². The lowest BCUT2D eigenvalue weighted by Gasteiger charge is -2.11. The summed E-state index contributed by atoms with van der Waals surface area (Å²) in [6.45, 7) is 3.89. The Morgan fingerprint density at radius 1 is 1.60 bits per heavy atom. The van der Waals surface area contributed by atoms with Gasteiger partial charge in [-0.1, -0.05) is 6.92 Å². The van der Waals surface area contributed by atoms with Crippen molar-refractivity contribution in [3.05, 3.63) is 12.4 Å². The van der Waals surface area contributed by atoms with Gasteiger partial charge in [0.1, 0.15) is 0 Å². The van der Waals surface area contributed by atoms with Crippen LogP contribution in [0.1, 0.15) is 26.2 Å². The second-order valence-electron chi connectivity index (χ2n) is 4.39. The van der Waals surface area contributed by atoms with Crippen LogP contribution in [-0.4, -0.2) is 22.1 Å². The summed E-state index contributed by atoms with van der Waals surface area (Å²) in [5.41, 5.74) is 0.357. The first kappa shape index (κ1) is 10.9. The maximum absolute atomic E-state index is 5.72. The normalized spacial score (nSPS) is 17.7. The van der Waals surface area contributed by atoms with E-state index in [4.69, 9.17) is 4.74 Å². The van der Waals surface area contributed by atoms with Gasteiger partial charge in [-0.3, -0.25) is 4.68 Å². The number of aryl methyl sites for hydroxylation is 1. The lowest BCUT2D eigenvalue weighted by atomic mass is 10.2. The van der Waals surface area contributed by atoms with Gasteiger partial charge < -0.3 is 4.74 Å². The smallest absolute Gasteiger partial charge is 0.157 e. The van der Waals surface area contributed by atoms with E-state index in [9.17, 15) is 0 Å². The number of aromatic nitrogens is 2. The Kier molecular flexibility index (Phi) is 3.24. The second-order valence-corrected chi connectivity index (χ2v) is 4.70. The molecule has 1 heterocycles. The molecule has 0 spiro atoms. The molecule has 0 unspecified atom stereocenters. The summed E-state index contributed by atoms with van der Waals surface area (Å²) in [4.78, 5) is 0. The van der Waals surface area contributed by atoms with Crippen LogP contribution in [0.3, 0.4) is 0 Å². The summed E-state index contributed by atoms with van der Waals surface area (Å²) in [5.74, 6) is 1.81. The third kappa shape index (κ3) is 2.68. The molecule has 15 heavy (non-hydrogen) atoms. The molecule has 0 aromatic carbocycles. The third-order valence-corrected chi connectivity index (χ3v) is 3.57. The molecule has 2 rings (SSSR count). The number of rotatable bonds is 6. The van der Waals surface area contributed by atoms with Crippen LogP contribution in [0.2, 0.25) is 0 Å². The molecule has 84 valence electrons. The first-order valence-corrected chi connectivity index (χ1v) is 6.17. The van der Waals surface area contributed by atoms with Crippen LogP contribution >= 0.6 is 12.6 Å². The fraction of sp³-hybridized carbons (Fsp3) is 0.727. The zero-order valence-corrected chi connectivity index (χ0v) is 10.0. The van der Waals surface area contributed by atoms with E-state index in [-0.39, 0.29) is 0 Å². The van der Waals surface area contributed by atoms with Crippen molar-refractivity contribution in [2.24, 2.45) is 5.41 Å². The van der Waals surface area contributed by atoms with Gasteiger partial charge in [0.2, 0.25) is 0 Å². The Morgan fingerprint density at radius 3 is 3.00 bits per heavy atom. The highest BCUT2D eigenvalue weighted by atomic mass is 32.1. The van der Waals surface area contributed by atoms with Gasteiger partial charge in [0.05, 0.1) is 19.0 Å². The van der Waals surface area contributed by atoms with Gasteiger partial charge in [-0.05, 0) is 25.0 Å². The summed E-state index contributed by atoms with van der Waals surface area (Å²) < 4.78 is 7.65. The van der Waals surface area contributed by atoms with Crippen molar-refractivity contribution in [2.75, 3.05) is 12.4 Å². The van der Waals surface area contributed by atoms with Gasteiger partial charge in [0.15, 0.2) is 5.75 Å². The number of nitrogens with zero attached hydrogens (tertiary/aromatic N) is 2. The first-order valence-electron chi connectivity index (χ1n) is 5.54. The highest BCUT2D eigenvalue weighted by Crippen LogP contribution is 2.46. The molecule has 0 N–H and O–H groups in total. The Bertz CT molecular complexity index is 320. The minimum Gasteiger partial charge on any atom is -0.490 e. The van der Waals surface area contributed by atoms with E-state index in [0.717, 1.165) is 31.1 Å². The van der Waals surface area contributed by atoms with Crippen LogP contribution in [0.5, 0.6) is 5.75 Å². The predicted octanol–water partition coefficient (Wildman–Crippen LogP) is 2.38. The van der Waals surface area contributed by atoms with Crippen molar-refractivity contribution in [2.45, 2.75) is 32.7 Å². The summed E-state index contributed by atoms with van der Waals surface area (Å²) >= 11 is 4.35. The zero-order valence-electron chi connectivity index (χ0n) is 9.15. The van der Waals surface area contributed by atoms with Crippen molar-refractivity contribution in [1.29, 1.82) is 0 Å². The molecular formula is C11H18N2OS. The molecule has 1 saturated carbocycles. The van der Waals surface area contributed by atoms with Crippen LogP contribution < -0.4 is 4.74 Å². The molecule has 1 aliphatic rings. The van der Waals surface area contributed by atoms with Gasteiger partial charge >= 0.3 is 0 Å². The Hall–Kier alpha value is -0.640. The van der Waals surface area contributed by atoms with Crippen LogP contribution in [-0.2, 0) is 6.54 Å². The number of hydrogen-bond acceptors (Lipinski definition) is 3. The summed E-state index contributed by atoms with van der Waals surface area (Å²) in [5, 5.41) is 4.23. The maximum atomic E-state index is 5.72. The fourth-order valence-electron chi connectivity index (χ4n) is 1.53. The standard InChI is InChI=1S/C11H18N2OS/c1-2-5-13-7-10(6-12-13)14-8-11(9-15)3-4-11/h6-7,15H,2-5,8-9H2,1H3. The summed E-state index contributed by atoms with van der Waals surface area (Å²) in [7, 11) is 0. The summed E-state index contributed by atoms with van der Waals surface area (Å²) in [6, 6.07) is 0. The highest BCUT2D eigenvalue weighted by Gasteiger charge is 2.42. The van der Waals surface area contributed by atoms with E-state index in [1.54, 1.807) is 6.20 Å². The molecule has 0 aliphatic heterocycles. The van der Waals surface area contributed by atoms with E-state index < -0.39 is 0 Å². The fourth-order valence-corrected chi connectivity index (χ4v) is 1.94. The van der Waals surface area contributed by atoms with Crippen molar-refractivity contribution in [3.63, 3.8) is 0 Å². The number of ether oxygens (including phenoxy) is 1. The van der Waals surface area contributed by atoms with Gasteiger partial charge in [-0.15, -0.1) is 0 Å². The lowest BCUT2D eigenvalue weighted by Crippen LogP contribution is -2.14. The molecule has 0 radical (unpaired) electrons. The molecule has 3 nitrogen and oxygen atoms in total. The average molecular weight is 226 g/mol. The average Bonchev–Trinajstić information content (AvgIpc) is 2.91. The van der Waals surface area contributed by atoms with Crippen LogP contribution in [0.15, 0.2) is 12.4 Å². The zero-order chi connectivity index (χ0) is 10.7. The molecule has 1 fully saturated rings. The minimum absolute atomic E-state index is 0.357. The molecule has 0 amide bonds. The predicted molar refractivity (Wildman–Crippen MR) is 63.5 cm³/mol. The lowest BCUT2D eigenvalue weighted by molar-refractivity contribution is 0.250. The van der Waals surface area contributed by atoms with Crippen LogP contribution in [0.4, 0.5) is 0 Å². The number of thiol groups is 1. The largest absolute Gasteiger partial charge is 0.490 e. The second kappa shape index (κ2) is 4.47. The monoisotopic (exact) mass is 226 g/mol. The highest BCUT2D eigenvalue weighted by molar-refractivity contribution is 7.80. The Balaban J connectivity index is 1.83. The van der Waals surface area contributed by atoms with E-state index in [1.165, 1.54) is 12.8 Å². The van der Waals surface area contributed by atoms with Gasteiger partial charge in [-0.2, -0.15) is 17.7 Å². The Labute approximate surface area is 96.2 Å². The van der Waals surface area contributed by atoms with Crippen molar-refractivity contribution >= 4 is 12.6 Å². The minimum atomic E-state index is 0.357. The molecule has 1 aliphatic carbocycles. The van der Waals surface area contributed by atoms with Crippen molar-refractivity contribution in [3.8, 4) is 5.75 Å². The third-order valence-electron chi connectivity index (χ3n) is 2.90. The molecule has 1 aromatic heterocycles. The molecule has 4 heteroatoms. The van der Waals surface area contributed by atoms with E-state index in [0.29, 0.717) is 5.41 Å². The van der Waals surface area contributed by atoms with Crippen molar-refractivity contribution in [1.82, 2.24) is 9.78 Å². The molecule has 0 atom stereocenters. The first-order chi connectivity index (χ1) is 7.28. The van der Waals surface area contributed by atoms with Crippen LogP contribution in [0.25, 0.3) is 0 Å². The Morgan fingerprint density at radius 2 is 2.40 bits per heavy atom. The van der Waals surface area contributed by atoms with E-state index >= 15 is 0 Å². The molecule has 1 aromatic rings. The molecule has 0 saturated heterocycles. The topological polar surface area (TPSA) is 27.1 Å². The molecular weight excluding hydrogens is 208 g/mol. The van der Waals surface area contributed by atoms with Crippen LogP contribution in [0, 0.1) is 5.41 Å². The maximum Gasteiger partial charge on any atom is 0.157 e. The van der Waals surface area contributed by atoms with Gasteiger partial charge in [-0.25, -0.2) is 0 Å². The van der Waals surface area contributed by atoms with E-state index in [2.05, 4.69) is 24.7 Å². The van der Waals surface area contributed by atoms with E-state index in [1.807, 2.05) is 10.9 Å². The SMILES string of the molecule is CCCn1cc(OCC2(CS)CC2)cn1. The number of hydrogen-bond donors (Lipinski definition) is 1. The summed E-state index contributed by atoms with van der Waals surface area (Å²) in [6.07, 6.45) is 7.36. The molecule has 0 bridgehead atoms. The van der Waals surface area contributed by atoms with Crippen molar-refractivity contribution < 1.29 is 4.74 Å². The quantitative estimate of drug-likeness (QED) is 0.754. The van der Waals surface area contributed by atoms with Gasteiger partial charge in [0, 0.05) is 12.0 Å².